The quantitative estimate of drug-likeness (QED) is 0.883. The number of benzene rings is 1. The molecule has 0 aromatic heterocycles. The lowest BCUT2D eigenvalue weighted by molar-refractivity contribution is -0.132. The molecule has 5 heteroatoms. The van der Waals surface area contributed by atoms with Crippen LogP contribution in [0.2, 0.25) is 5.02 Å². The molecular formula is C18H25ClN2O2. The molecule has 0 saturated carbocycles. The monoisotopic (exact) mass is 336 g/mol. The molecule has 2 aliphatic heterocycles. The highest BCUT2D eigenvalue weighted by atomic mass is 35.5. The number of amides is 1. The lowest BCUT2D eigenvalue weighted by Gasteiger charge is -2.36. The number of halogens is 1. The van der Waals surface area contributed by atoms with Crippen molar-refractivity contribution < 1.29 is 9.90 Å². The van der Waals surface area contributed by atoms with Gasteiger partial charge < -0.3 is 15.3 Å². The topological polar surface area (TPSA) is 52.6 Å². The molecule has 23 heavy (non-hydrogen) atoms. The number of hydrogen-bond donors (Lipinski definition) is 2. The predicted octanol–water partition coefficient (Wildman–Crippen LogP) is 1.95. The van der Waals surface area contributed by atoms with Crippen molar-refractivity contribution in [2.75, 3.05) is 32.8 Å². The molecule has 0 radical (unpaired) electrons. The highest BCUT2D eigenvalue weighted by molar-refractivity contribution is 6.30. The molecule has 2 atom stereocenters. The summed E-state index contributed by atoms with van der Waals surface area (Å²) in [6, 6.07) is 7.53. The Labute approximate surface area is 142 Å². The van der Waals surface area contributed by atoms with Gasteiger partial charge in [-0.2, -0.15) is 0 Å². The number of aliphatic hydroxyl groups excluding tert-OH is 1. The van der Waals surface area contributed by atoms with E-state index in [1.54, 1.807) is 0 Å². The van der Waals surface area contributed by atoms with Crippen LogP contribution in [0.5, 0.6) is 0 Å². The summed E-state index contributed by atoms with van der Waals surface area (Å²) in [4.78, 5) is 14.4. The molecule has 0 unspecified atom stereocenters. The summed E-state index contributed by atoms with van der Waals surface area (Å²) in [5.41, 5.74) is 0.977. The van der Waals surface area contributed by atoms with Crippen LogP contribution in [0.4, 0.5) is 0 Å². The van der Waals surface area contributed by atoms with Gasteiger partial charge in [-0.15, -0.1) is 0 Å². The van der Waals surface area contributed by atoms with E-state index in [-0.39, 0.29) is 12.5 Å². The third kappa shape index (κ3) is 4.06. The first-order valence-corrected chi connectivity index (χ1v) is 8.89. The van der Waals surface area contributed by atoms with Crippen LogP contribution in [0.1, 0.15) is 18.4 Å². The van der Waals surface area contributed by atoms with Gasteiger partial charge in [0.05, 0.1) is 6.42 Å². The second-order valence-corrected chi connectivity index (χ2v) is 7.23. The van der Waals surface area contributed by atoms with Crippen molar-refractivity contribution in [2.24, 2.45) is 17.8 Å². The number of piperidine rings is 1. The van der Waals surface area contributed by atoms with E-state index in [0.717, 1.165) is 44.6 Å². The smallest absolute Gasteiger partial charge is 0.226 e. The average molecular weight is 337 g/mol. The van der Waals surface area contributed by atoms with Gasteiger partial charge in [-0.1, -0.05) is 23.7 Å². The molecule has 1 aromatic carbocycles. The van der Waals surface area contributed by atoms with E-state index in [0.29, 0.717) is 29.2 Å². The summed E-state index contributed by atoms with van der Waals surface area (Å²) >= 11 is 5.98. The van der Waals surface area contributed by atoms with Gasteiger partial charge in [0.25, 0.3) is 0 Å². The minimum absolute atomic E-state index is 0.189. The molecule has 2 heterocycles. The van der Waals surface area contributed by atoms with Crippen LogP contribution in [0.25, 0.3) is 0 Å². The summed E-state index contributed by atoms with van der Waals surface area (Å²) < 4.78 is 0. The van der Waals surface area contributed by atoms with Gasteiger partial charge in [0.15, 0.2) is 0 Å². The molecule has 0 spiro atoms. The molecule has 4 nitrogen and oxygen atoms in total. The van der Waals surface area contributed by atoms with Crippen molar-refractivity contribution >= 4 is 17.5 Å². The van der Waals surface area contributed by atoms with Crippen molar-refractivity contribution in [3.63, 3.8) is 0 Å². The van der Waals surface area contributed by atoms with Crippen LogP contribution in [-0.2, 0) is 11.2 Å². The first-order valence-electron chi connectivity index (χ1n) is 8.51. The Balaban J connectivity index is 1.51. The second-order valence-electron chi connectivity index (χ2n) is 6.79. The minimum Gasteiger partial charge on any atom is -0.396 e. The Kier molecular flexibility index (Phi) is 5.57. The Hall–Kier alpha value is -1.10. The van der Waals surface area contributed by atoms with Gasteiger partial charge in [-0.05, 0) is 54.8 Å². The third-order valence-electron chi connectivity index (χ3n) is 5.37. The number of carbonyl (C=O) groups is 1. The summed E-state index contributed by atoms with van der Waals surface area (Å²) in [7, 11) is 0. The normalized spacial score (nSPS) is 25.7. The van der Waals surface area contributed by atoms with E-state index in [4.69, 9.17) is 11.6 Å². The number of carbonyl (C=O) groups excluding carboxylic acids is 1. The molecule has 126 valence electrons. The zero-order chi connectivity index (χ0) is 16.2. The van der Waals surface area contributed by atoms with Crippen molar-refractivity contribution in [1.29, 1.82) is 0 Å². The molecule has 2 aliphatic rings. The van der Waals surface area contributed by atoms with E-state index in [1.807, 2.05) is 29.2 Å². The van der Waals surface area contributed by atoms with Crippen molar-refractivity contribution in [3.05, 3.63) is 34.9 Å². The SMILES string of the molecule is O=C(Cc1cccc(Cl)c1)N1CCC([C@@H]2CNC[C@H]2CO)CC1. The largest absolute Gasteiger partial charge is 0.396 e. The van der Waals surface area contributed by atoms with Gasteiger partial charge in [0, 0.05) is 31.3 Å². The van der Waals surface area contributed by atoms with Crippen molar-refractivity contribution in [2.45, 2.75) is 19.3 Å². The van der Waals surface area contributed by atoms with Gasteiger partial charge in [-0.25, -0.2) is 0 Å². The van der Waals surface area contributed by atoms with Crippen LogP contribution in [0.3, 0.4) is 0 Å². The fourth-order valence-electron chi connectivity index (χ4n) is 4.02. The first kappa shape index (κ1) is 16.7. The number of hydrogen-bond acceptors (Lipinski definition) is 3. The van der Waals surface area contributed by atoms with Crippen LogP contribution in [-0.4, -0.2) is 48.7 Å². The molecule has 0 bridgehead atoms. The summed E-state index contributed by atoms with van der Waals surface area (Å²) in [5, 5.41) is 13.5. The van der Waals surface area contributed by atoms with Crippen LogP contribution < -0.4 is 5.32 Å². The van der Waals surface area contributed by atoms with E-state index < -0.39 is 0 Å². The number of rotatable bonds is 4. The molecule has 0 aliphatic carbocycles. The number of nitrogens with zero attached hydrogens (tertiary/aromatic N) is 1. The average Bonchev–Trinajstić information content (AvgIpc) is 3.03. The lowest BCUT2D eigenvalue weighted by atomic mass is 9.79. The highest BCUT2D eigenvalue weighted by Gasteiger charge is 2.35. The Morgan fingerprint density at radius 1 is 1.30 bits per heavy atom. The van der Waals surface area contributed by atoms with E-state index in [1.165, 1.54) is 0 Å². The zero-order valence-electron chi connectivity index (χ0n) is 13.4. The molecule has 2 fully saturated rings. The van der Waals surface area contributed by atoms with Crippen molar-refractivity contribution in [1.82, 2.24) is 10.2 Å². The van der Waals surface area contributed by atoms with E-state index in [2.05, 4.69) is 5.32 Å². The fourth-order valence-corrected chi connectivity index (χ4v) is 4.23. The molecule has 1 amide bonds. The van der Waals surface area contributed by atoms with Gasteiger partial charge >= 0.3 is 0 Å². The van der Waals surface area contributed by atoms with Crippen LogP contribution >= 0.6 is 11.6 Å². The third-order valence-corrected chi connectivity index (χ3v) is 5.60. The number of aliphatic hydroxyl groups is 1. The predicted molar refractivity (Wildman–Crippen MR) is 91.4 cm³/mol. The fraction of sp³-hybridized carbons (Fsp3) is 0.611. The maximum Gasteiger partial charge on any atom is 0.226 e. The Morgan fingerprint density at radius 2 is 2.09 bits per heavy atom. The molecule has 2 N–H and O–H groups in total. The number of likely N-dealkylation sites (tertiary alicyclic amines) is 1. The maximum atomic E-state index is 12.5. The van der Waals surface area contributed by atoms with Crippen LogP contribution in [0, 0.1) is 17.8 Å². The summed E-state index contributed by atoms with van der Waals surface area (Å²) in [5.74, 6) is 1.75. The standard InChI is InChI=1S/C18H25ClN2O2/c19-16-3-1-2-13(8-16)9-18(23)21-6-4-14(5-7-21)17-11-20-10-15(17)12-22/h1-3,8,14-15,17,20,22H,4-7,9-12H2/t15-,17-/m0/s1. The zero-order valence-corrected chi connectivity index (χ0v) is 14.1. The molecule has 2 saturated heterocycles. The van der Waals surface area contributed by atoms with Gasteiger partial charge in [0.1, 0.15) is 0 Å². The van der Waals surface area contributed by atoms with Crippen LogP contribution in [0.15, 0.2) is 24.3 Å². The van der Waals surface area contributed by atoms with E-state index >= 15 is 0 Å². The lowest BCUT2D eigenvalue weighted by Crippen LogP contribution is -2.42. The first-order chi connectivity index (χ1) is 11.2. The van der Waals surface area contributed by atoms with Crippen molar-refractivity contribution in [3.8, 4) is 0 Å². The molecule has 3 rings (SSSR count). The minimum atomic E-state index is 0.189. The summed E-state index contributed by atoms with van der Waals surface area (Å²) in [6.07, 6.45) is 2.52. The maximum absolute atomic E-state index is 12.5. The summed E-state index contributed by atoms with van der Waals surface area (Å²) in [6.45, 7) is 3.87. The van der Waals surface area contributed by atoms with Gasteiger partial charge in [0.2, 0.25) is 5.91 Å². The Morgan fingerprint density at radius 3 is 2.78 bits per heavy atom. The Bertz CT molecular complexity index is 544. The second kappa shape index (κ2) is 7.65. The highest BCUT2D eigenvalue weighted by Crippen LogP contribution is 2.32. The molecular weight excluding hydrogens is 312 g/mol. The molecule has 1 aromatic rings. The van der Waals surface area contributed by atoms with Gasteiger partial charge in [-0.3, -0.25) is 4.79 Å². The number of nitrogens with one attached hydrogen (secondary N) is 1. The van der Waals surface area contributed by atoms with E-state index in [9.17, 15) is 9.90 Å².